The SMILES string of the molecule is COc1ccc(C)cc1NC1CC(C)CC(C)(C)C1. The number of benzene rings is 1. The molecule has 2 heteroatoms. The first-order valence-corrected chi connectivity index (χ1v) is 7.31. The van der Waals surface area contributed by atoms with Crippen LogP contribution in [-0.4, -0.2) is 13.2 Å². The van der Waals surface area contributed by atoms with E-state index in [1.54, 1.807) is 7.11 Å². The summed E-state index contributed by atoms with van der Waals surface area (Å²) in [6, 6.07) is 6.88. The highest BCUT2D eigenvalue weighted by Gasteiger charge is 2.32. The van der Waals surface area contributed by atoms with Gasteiger partial charge in [0.1, 0.15) is 5.75 Å². The molecule has 0 amide bonds. The summed E-state index contributed by atoms with van der Waals surface area (Å²) in [5.74, 6) is 1.73. The largest absolute Gasteiger partial charge is 0.495 e. The fourth-order valence-electron chi connectivity index (χ4n) is 3.61. The zero-order chi connectivity index (χ0) is 14.0. The summed E-state index contributed by atoms with van der Waals surface area (Å²) in [7, 11) is 1.74. The topological polar surface area (TPSA) is 21.3 Å². The van der Waals surface area contributed by atoms with Gasteiger partial charge in [-0.1, -0.05) is 26.8 Å². The van der Waals surface area contributed by atoms with Crippen LogP contribution in [0.1, 0.15) is 45.6 Å². The van der Waals surface area contributed by atoms with Gasteiger partial charge < -0.3 is 10.1 Å². The average Bonchev–Trinajstić information content (AvgIpc) is 2.26. The monoisotopic (exact) mass is 261 g/mol. The number of methoxy groups -OCH3 is 1. The van der Waals surface area contributed by atoms with Gasteiger partial charge in [-0.25, -0.2) is 0 Å². The highest BCUT2D eigenvalue weighted by Crippen LogP contribution is 2.40. The normalized spacial score (nSPS) is 25.9. The highest BCUT2D eigenvalue weighted by molar-refractivity contribution is 5.58. The zero-order valence-corrected chi connectivity index (χ0v) is 12.9. The van der Waals surface area contributed by atoms with Gasteiger partial charge in [0.05, 0.1) is 12.8 Å². The van der Waals surface area contributed by atoms with Crippen molar-refractivity contribution in [3.63, 3.8) is 0 Å². The molecule has 2 rings (SSSR count). The second kappa shape index (κ2) is 5.44. The number of hydrogen-bond donors (Lipinski definition) is 1. The van der Waals surface area contributed by atoms with Gasteiger partial charge in [-0.15, -0.1) is 0 Å². The molecule has 1 fully saturated rings. The minimum absolute atomic E-state index is 0.437. The van der Waals surface area contributed by atoms with E-state index >= 15 is 0 Å². The Kier molecular flexibility index (Phi) is 4.07. The van der Waals surface area contributed by atoms with E-state index in [-0.39, 0.29) is 0 Å². The molecule has 106 valence electrons. The Bertz CT molecular complexity index is 439. The van der Waals surface area contributed by atoms with E-state index in [9.17, 15) is 0 Å². The molecule has 0 aliphatic heterocycles. The molecule has 2 unspecified atom stereocenters. The van der Waals surface area contributed by atoms with Crippen LogP contribution in [0, 0.1) is 18.3 Å². The molecule has 1 saturated carbocycles. The fourth-order valence-corrected chi connectivity index (χ4v) is 3.61. The van der Waals surface area contributed by atoms with Crippen molar-refractivity contribution in [1.82, 2.24) is 0 Å². The molecule has 0 radical (unpaired) electrons. The molecule has 1 N–H and O–H groups in total. The third kappa shape index (κ3) is 3.65. The van der Waals surface area contributed by atoms with Crippen molar-refractivity contribution in [3.8, 4) is 5.75 Å². The van der Waals surface area contributed by atoms with Gasteiger partial charge in [-0.05, 0) is 55.2 Å². The molecule has 0 bridgehead atoms. The van der Waals surface area contributed by atoms with E-state index in [1.807, 2.05) is 0 Å². The lowest BCUT2D eigenvalue weighted by Crippen LogP contribution is -2.35. The minimum Gasteiger partial charge on any atom is -0.495 e. The van der Waals surface area contributed by atoms with Gasteiger partial charge in [-0.3, -0.25) is 0 Å². The van der Waals surface area contributed by atoms with Gasteiger partial charge in [0.2, 0.25) is 0 Å². The lowest BCUT2D eigenvalue weighted by molar-refractivity contribution is 0.178. The van der Waals surface area contributed by atoms with Gasteiger partial charge >= 0.3 is 0 Å². The van der Waals surface area contributed by atoms with Gasteiger partial charge in [0, 0.05) is 6.04 Å². The summed E-state index contributed by atoms with van der Waals surface area (Å²) < 4.78 is 5.46. The molecule has 2 atom stereocenters. The average molecular weight is 261 g/mol. The first kappa shape index (κ1) is 14.2. The van der Waals surface area contributed by atoms with E-state index < -0.39 is 0 Å². The number of nitrogens with one attached hydrogen (secondary N) is 1. The lowest BCUT2D eigenvalue weighted by Gasteiger charge is -2.39. The maximum Gasteiger partial charge on any atom is 0.141 e. The molecule has 1 aliphatic rings. The Labute approximate surface area is 117 Å². The second-order valence-corrected chi connectivity index (χ2v) is 6.96. The Morgan fingerprint density at radius 2 is 2.00 bits per heavy atom. The molecule has 0 saturated heterocycles. The maximum absolute atomic E-state index is 5.46. The van der Waals surface area contributed by atoms with Crippen LogP contribution in [0.3, 0.4) is 0 Å². The summed E-state index contributed by atoms with van der Waals surface area (Å²) in [6.07, 6.45) is 3.81. The maximum atomic E-state index is 5.46. The Balaban J connectivity index is 2.14. The number of hydrogen-bond acceptors (Lipinski definition) is 2. The molecule has 19 heavy (non-hydrogen) atoms. The van der Waals surface area contributed by atoms with Crippen LogP contribution in [0.2, 0.25) is 0 Å². The smallest absolute Gasteiger partial charge is 0.141 e. The van der Waals surface area contributed by atoms with Crippen LogP contribution in [0.4, 0.5) is 5.69 Å². The lowest BCUT2D eigenvalue weighted by atomic mass is 9.70. The summed E-state index contributed by atoms with van der Waals surface area (Å²) in [5, 5.41) is 3.70. The van der Waals surface area contributed by atoms with Crippen LogP contribution in [-0.2, 0) is 0 Å². The zero-order valence-electron chi connectivity index (χ0n) is 12.9. The summed E-state index contributed by atoms with van der Waals surface area (Å²) >= 11 is 0. The van der Waals surface area contributed by atoms with Crippen molar-refractivity contribution < 1.29 is 4.74 Å². The predicted octanol–water partition coefficient (Wildman–Crippen LogP) is 4.63. The Hall–Kier alpha value is -1.18. The molecule has 1 aromatic rings. The molecule has 1 aromatic carbocycles. The van der Waals surface area contributed by atoms with Crippen LogP contribution in [0.15, 0.2) is 18.2 Å². The number of ether oxygens (including phenoxy) is 1. The quantitative estimate of drug-likeness (QED) is 0.856. The molecule has 0 heterocycles. The standard InChI is InChI=1S/C17H27NO/c1-12-6-7-16(19-5)15(9-12)18-14-8-13(2)10-17(3,4)11-14/h6-7,9,13-14,18H,8,10-11H2,1-5H3. The Morgan fingerprint density at radius 1 is 1.26 bits per heavy atom. The second-order valence-electron chi connectivity index (χ2n) is 6.96. The number of aryl methyl sites for hydroxylation is 1. The summed E-state index contributed by atoms with van der Waals surface area (Å²) in [4.78, 5) is 0. The first-order valence-electron chi connectivity index (χ1n) is 7.31. The van der Waals surface area contributed by atoms with Crippen molar-refractivity contribution in [2.45, 2.75) is 53.0 Å². The minimum atomic E-state index is 0.437. The molecular weight excluding hydrogens is 234 g/mol. The van der Waals surface area contributed by atoms with E-state index in [4.69, 9.17) is 4.74 Å². The van der Waals surface area contributed by atoms with E-state index in [0.29, 0.717) is 11.5 Å². The van der Waals surface area contributed by atoms with E-state index in [2.05, 4.69) is 51.2 Å². The van der Waals surface area contributed by atoms with Gasteiger partial charge in [0.25, 0.3) is 0 Å². The van der Waals surface area contributed by atoms with Gasteiger partial charge in [-0.2, -0.15) is 0 Å². The molecule has 2 nitrogen and oxygen atoms in total. The molecule has 0 spiro atoms. The fraction of sp³-hybridized carbons (Fsp3) is 0.647. The summed E-state index contributed by atoms with van der Waals surface area (Å²) in [5.41, 5.74) is 2.84. The van der Waals surface area contributed by atoms with Crippen LogP contribution in [0.5, 0.6) is 5.75 Å². The van der Waals surface area contributed by atoms with E-state index in [0.717, 1.165) is 17.4 Å². The third-order valence-corrected chi connectivity index (χ3v) is 4.10. The van der Waals surface area contributed by atoms with Crippen LogP contribution < -0.4 is 10.1 Å². The Morgan fingerprint density at radius 3 is 2.63 bits per heavy atom. The predicted molar refractivity (Wildman–Crippen MR) is 81.9 cm³/mol. The first-order chi connectivity index (χ1) is 8.89. The third-order valence-electron chi connectivity index (χ3n) is 4.10. The molecule has 1 aliphatic carbocycles. The summed E-state index contributed by atoms with van der Waals surface area (Å²) in [6.45, 7) is 9.25. The van der Waals surface area contributed by atoms with Crippen molar-refractivity contribution in [3.05, 3.63) is 23.8 Å². The van der Waals surface area contributed by atoms with Crippen LogP contribution in [0.25, 0.3) is 0 Å². The molecular formula is C17H27NO. The number of anilines is 1. The number of rotatable bonds is 3. The van der Waals surface area contributed by atoms with Gasteiger partial charge in [0.15, 0.2) is 0 Å². The van der Waals surface area contributed by atoms with E-state index in [1.165, 1.54) is 24.8 Å². The van der Waals surface area contributed by atoms with Crippen molar-refractivity contribution in [2.24, 2.45) is 11.3 Å². The molecule has 0 aromatic heterocycles. The van der Waals surface area contributed by atoms with Crippen LogP contribution >= 0.6 is 0 Å². The van der Waals surface area contributed by atoms with Crippen molar-refractivity contribution in [2.75, 3.05) is 12.4 Å². The van der Waals surface area contributed by atoms with Crippen molar-refractivity contribution in [1.29, 1.82) is 0 Å². The van der Waals surface area contributed by atoms with Crippen molar-refractivity contribution >= 4 is 5.69 Å². The highest BCUT2D eigenvalue weighted by atomic mass is 16.5.